The van der Waals surface area contributed by atoms with E-state index in [0.29, 0.717) is 27.9 Å². The Hall–Kier alpha value is -2.53. The van der Waals surface area contributed by atoms with E-state index in [0.717, 1.165) is 31.5 Å². The average molecular weight is 401 g/mol. The third-order valence-electron chi connectivity index (χ3n) is 4.98. The first-order valence-electron chi connectivity index (χ1n) is 9.50. The summed E-state index contributed by atoms with van der Waals surface area (Å²) in [4.78, 5) is 26.6. The molecule has 1 aliphatic rings. The van der Waals surface area contributed by atoms with E-state index in [4.69, 9.17) is 16.3 Å². The van der Waals surface area contributed by atoms with Crippen LogP contribution >= 0.6 is 11.6 Å². The Kier molecular flexibility index (Phi) is 6.57. The van der Waals surface area contributed by atoms with Gasteiger partial charge in [-0.25, -0.2) is 0 Å². The predicted molar refractivity (Wildman–Crippen MR) is 111 cm³/mol. The number of rotatable bonds is 5. The first kappa shape index (κ1) is 20.2. The maximum Gasteiger partial charge on any atom is 0.262 e. The number of likely N-dealkylation sites (tertiary alicyclic amines) is 1. The van der Waals surface area contributed by atoms with Gasteiger partial charge in [-0.2, -0.15) is 0 Å². The fourth-order valence-corrected chi connectivity index (χ4v) is 3.43. The molecule has 5 nitrogen and oxygen atoms in total. The Morgan fingerprint density at radius 1 is 1.14 bits per heavy atom. The summed E-state index contributed by atoms with van der Waals surface area (Å²) >= 11 is 5.92. The highest BCUT2D eigenvalue weighted by atomic mass is 35.5. The Balaban J connectivity index is 1.52. The molecule has 1 heterocycles. The molecule has 1 fully saturated rings. The Morgan fingerprint density at radius 3 is 2.46 bits per heavy atom. The van der Waals surface area contributed by atoms with Gasteiger partial charge in [-0.05, 0) is 73.7 Å². The van der Waals surface area contributed by atoms with Gasteiger partial charge in [0.25, 0.3) is 11.8 Å². The van der Waals surface area contributed by atoms with E-state index in [1.807, 2.05) is 11.8 Å². The van der Waals surface area contributed by atoms with Crippen LogP contribution in [0.3, 0.4) is 0 Å². The van der Waals surface area contributed by atoms with Gasteiger partial charge in [0.1, 0.15) is 5.75 Å². The number of piperidine rings is 1. The largest absolute Gasteiger partial charge is 0.483 e. The van der Waals surface area contributed by atoms with Crippen molar-refractivity contribution in [2.75, 3.05) is 25.0 Å². The molecule has 2 aromatic rings. The Labute approximate surface area is 170 Å². The van der Waals surface area contributed by atoms with Gasteiger partial charge in [-0.1, -0.05) is 18.5 Å². The lowest BCUT2D eigenvalue weighted by atomic mass is 9.98. The molecule has 0 aromatic heterocycles. The third-order valence-corrected chi connectivity index (χ3v) is 5.22. The van der Waals surface area contributed by atoms with E-state index in [2.05, 4.69) is 12.2 Å². The number of nitrogens with zero attached hydrogens (tertiary/aromatic N) is 1. The summed E-state index contributed by atoms with van der Waals surface area (Å²) in [6.07, 6.45) is 2.10. The first-order chi connectivity index (χ1) is 13.4. The summed E-state index contributed by atoms with van der Waals surface area (Å²) in [5, 5.41) is 3.41. The average Bonchev–Trinajstić information content (AvgIpc) is 2.68. The molecule has 1 saturated heterocycles. The van der Waals surface area contributed by atoms with Gasteiger partial charge in [0, 0.05) is 29.4 Å². The third kappa shape index (κ3) is 5.26. The summed E-state index contributed by atoms with van der Waals surface area (Å²) in [7, 11) is 0. The lowest BCUT2D eigenvalue weighted by molar-refractivity contribution is -0.118. The zero-order valence-corrected chi connectivity index (χ0v) is 17.0. The van der Waals surface area contributed by atoms with E-state index >= 15 is 0 Å². The van der Waals surface area contributed by atoms with Gasteiger partial charge in [0.05, 0.1) is 0 Å². The molecule has 28 heavy (non-hydrogen) atoms. The van der Waals surface area contributed by atoms with Crippen LogP contribution in [-0.4, -0.2) is 36.4 Å². The second kappa shape index (κ2) is 9.11. The van der Waals surface area contributed by atoms with Gasteiger partial charge in [-0.3, -0.25) is 9.59 Å². The van der Waals surface area contributed by atoms with E-state index in [1.54, 1.807) is 42.5 Å². The topological polar surface area (TPSA) is 58.6 Å². The number of hydrogen-bond donors (Lipinski definition) is 1. The van der Waals surface area contributed by atoms with Crippen LogP contribution in [-0.2, 0) is 4.79 Å². The van der Waals surface area contributed by atoms with Crippen LogP contribution in [0.1, 0.15) is 35.7 Å². The summed E-state index contributed by atoms with van der Waals surface area (Å²) in [5.74, 6) is 1.08. The predicted octanol–water partition coefficient (Wildman–Crippen LogP) is 4.54. The minimum Gasteiger partial charge on any atom is -0.483 e. The van der Waals surface area contributed by atoms with Crippen molar-refractivity contribution in [3.63, 3.8) is 0 Å². The summed E-state index contributed by atoms with van der Waals surface area (Å²) < 4.78 is 5.54. The number of halogens is 1. The smallest absolute Gasteiger partial charge is 0.262 e. The van der Waals surface area contributed by atoms with Crippen molar-refractivity contribution >= 4 is 29.1 Å². The number of ether oxygens (including phenoxy) is 1. The van der Waals surface area contributed by atoms with Gasteiger partial charge < -0.3 is 15.0 Å². The highest BCUT2D eigenvalue weighted by Gasteiger charge is 2.21. The quantitative estimate of drug-likeness (QED) is 0.801. The molecule has 0 spiro atoms. The van der Waals surface area contributed by atoms with E-state index < -0.39 is 0 Å². The van der Waals surface area contributed by atoms with Gasteiger partial charge >= 0.3 is 0 Å². The molecule has 6 heteroatoms. The molecule has 148 valence electrons. The number of benzene rings is 2. The molecule has 2 aromatic carbocycles. The monoisotopic (exact) mass is 400 g/mol. The maximum atomic E-state index is 12.6. The molecule has 1 aliphatic heterocycles. The van der Waals surface area contributed by atoms with Crippen molar-refractivity contribution in [1.82, 2.24) is 4.90 Å². The van der Waals surface area contributed by atoms with Crippen LogP contribution < -0.4 is 10.1 Å². The first-order valence-corrected chi connectivity index (χ1v) is 9.88. The SMILES string of the molecule is Cc1cc(Cl)ccc1OCC(=O)Nc1ccc(C(=O)N2CCC(C)CC2)cc1. The molecular formula is C22H25ClN2O3. The molecule has 0 unspecified atom stereocenters. The van der Waals surface area contributed by atoms with Gasteiger partial charge in [0.2, 0.25) is 0 Å². The zero-order valence-electron chi connectivity index (χ0n) is 16.2. The molecule has 0 atom stereocenters. The van der Waals surface area contributed by atoms with E-state index in [-0.39, 0.29) is 18.4 Å². The number of carbonyl (C=O) groups excluding carboxylic acids is 2. The number of amides is 2. The van der Waals surface area contributed by atoms with Crippen molar-refractivity contribution in [2.45, 2.75) is 26.7 Å². The van der Waals surface area contributed by atoms with Crippen LogP contribution in [0.5, 0.6) is 5.75 Å². The second-order valence-electron chi connectivity index (χ2n) is 7.30. The minimum atomic E-state index is -0.265. The molecular weight excluding hydrogens is 376 g/mol. The molecule has 0 bridgehead atoms. The lowest BCUT2D eigenvalue weighted by Gasteiger charge is -2.30. The molecule has 0 saturated carbocycles. The molecule has 2 amide bonds. The van der Waals surface area contributed by atoms with Crippen LogP contribution in [0.4, 0.5) is 5.69 Å². The van der Waals surface area contributed by atoms with Crippen LogP contribution in [0.15, 0.2) is 42.5 Å². The van der Waals surface area contributed by atoms with E-state index in [9.17, 15) is 9.59 Å². The van der Waals surface area contributed by atoms with Crippen molar-refractivity contribution in [1.29, 1.82) is 0 Å². The van der Waals surface area contributed by atoms with E-state index in [1.165, 1.54) is 0 Å². The summed E-state index contributed by atoms with van der Waals surface area (Å²) in [6, 6.07) is 12.2. The van der Waals surface area contributed by atoms with Crippen molar-refractivity contribution in [3.05, 3.63) is 58.6 Å². The highest BCUT2D eigenvalue weighted by molar-refractivity contribution is 6.30. The second-order valence-corrected chi connectivity index (χ2v) is 7.74. The number of hydrogen-bond acceptors (Lipinski definition) is 3. The van der Waals surface area contributed by atoms with Crippen LogP contribution in [0, 0.1) is 12.8 Å². The normalized spacial score (nSPS) is 14.6. The lowest BCUT2D eigenvalue weighted by Crippen LogP contribution is -2.37. The minimum absolute atomic E-state index is 0.0475. The van der Waals surface area contributed by atoms with Crippen molar-refractivity contribution in [2.24, 2.45) is 5.92 Å². The standard InChI is InChI=1S/C22H25ClN2O3/c1-15-9-11-25(12-10-15)22(27)17-3-6-19(7-4-17)24-21(26)14-28-20-8-5-18(23)13-16(20)2/h3-8,13,15H,9-12,14H2,1-2H3,(H,24,26). The maximum absolute atomic E-state index is 12.6. The fourth-order valence-electron chi connectivity index (χ4n) is 3.21. The highest BCUT2D eigenvalue weighted by Crippen LogP contribution is 2.22. The molecule has 1 N–H and O–H groups in total. The number of anilines is 1. The fraction of sp³-hybridized carbons (Fsp3) is 0.364. The number of nitrogens with one attached hydrogen (secondary N) is 1. The van der Waals surface area contributed by atoms with Gasteiger partial charge in [-0.15, -0.1) is 0 Å². The Bertz CT molecular complexity index is 843. The van der Waals surface area contributed by atoms with Crippen molar-refractivity contribution < 1.29 is 14.3 Å². The zero-order chi connectivity index (χ0) is 20.1. The molecule has 0 radical (unpaired) electrons. The summed E-state index contributed by atoms with van der Waals surface area (Å²) in [6.45, 7) is 5.60. The molecule has 0 aliphatic carbocycles. The molecule has 3 rings (SSSR count). The van der Waals surface area contributed by atoms with Crippen molar-refractivity contribution in [3.8, 4) is 5.75 Å². The number of carbonyl (C=O) groups is 2. The Morgan fingerprint density at radius 2 is 1.82 bits per heavy atom. The van der Waals surface area contributed by atoms with Crippen LogP contribution in [0.2, 0.25) is 5.02 Å². The van der Waals surface area contributed by atoms with Gasteiger partial charge in [0.15, 0.2) is 6.61 Å². The van der Waals surface area contributed by atoms with Crippen LogP contribution in [0.25, 0.3) is 0 Å². The number of aryl methyl sites for hydroxylation is 1. The summed E-state index contributed by atoms with van der Waals surface area (Å²) in [5.41, 5.74) is 2.14.